The summed E-state index contributed by atoms with van der Waals surface area (Å²) in [6.45, 7) is 5.21. The number of nitrogens with zero attached hydrogens (tertiary/aromatic N) is 2. The zero-order valence-electron chi connectivity index (χ0n) is 10.6. The maximum Gasteiger partial charge on any atom is 0.0480 e. The molecule has 0 aliphatic carbocycles. The van der Waals surface area contributed by atoms with E-state index in [1.165, 1.54) is 19.4 Å². The molecule has 0 saturated carbocycles. The number of rotatable bonds is 3. The summed E-state index contributed by atoms with van der Waals surface area (Å²) in [5.74, 6) is 0.637. The molecule has 2 fully saturated rings. The Bertz CT molecular complexity index is 216. The third-order valence-electron chi connectivity index (χ3n) is 3.83. The molecule has 0 spiro atoms. The van der Waals surface area contributed by atoms with Crippen LogP contribution < -0.4 is 5.73 Å². The summed E-state index contributed by atoms with van der Waals surface area (Å²) < 4.78 is 5.41. The van der Waals surface area contributed by atoms with E-state index in [1.54, 1.807) is 0 Å². The highest BCUT2D eigenvalue weighted by Gasteiger charge is 2.34. The highest BCUT2D eigenvalue weighted by molar-refractivity contribution is 4.91. The molecule has 2 N–H and O–H groups in total. The Morgan fingerprint density at radius 1 is 1.25 bits per heavy atom. The molecule has 4 heteroatoms. The largest absolute Gasteiger partial charge is 0.381 e. The van der Waals surface area contributed by atoms with Crippen LogP contribution in [0.25, 0.3) is 0 Å². The minimum atomic E-state index is 0.352. The van der Waals surface area contributed by atoms with Gasteiger partial charge in [0.2, 0.25) is 0 Å². The third kappa shape index (κ3) is 2.94. The lowest BCUT2D eigenvalue weighted by Crippen LogP contribution is -2.39. The van der Waals surface area contributed by atoms with Crippen LogP contribution in [-0.4, -0.2) is 68.8 Å². The van der Waals surface area contributed by atoms with E-state index in [0.29, 0.717) is 18.0 Å². The van der Waals surface area contributed by atoms with Crippen molar-refractivity contribution in [3.8, 4) is 0 Å². The van der Waals surface area contributed by atoms with Crippen LogP contribution in [0.4, 0.5) is 0 Å². The summed E-state index contributed by atoms with van der Waals surface area (Å²) in [5.41, 5.74) is 6.22. The van der Waals surface area contributed by atoms with Gasteiger partial charge >= 0.3 is 0 Å². The predicted octanol–water partition coefficient (Wildman–Crippen LogP) is -0.0139. The smallest absolute Gasteiger partial charge is 0.0480 e. The van der Waals surface area contributed by atoms with Crippen molar-refractivity contribution >= 4 is 0 Å². The molecule has 0 aromatic carbocycles. The van der Waals surface area contributed by atoms with E-state index in [1.807, 2.05) is 0 Å². The molecule has 2 heterocycles. The van der Waals surface area contributed by atoms with Gasteiger partial charge in [-0.1, -0.05) is 0 Å². The van der Waals surface area contributed by atoms with Crippen LogP contribution in [-0.2, 0) is 4.74 Å². The van der Waals surface area contributed by atoms with Gasteiger partial charge in [-0.25, -0.2) is 0 Å². The van der Waals surface area contributed by atoms with Crippen molar-refractivity contribution in [3.63, 3.8) is 0 Å². The summed E-state index contributed by atoms with van der Waals surface area (Å²) in [5, 5.41) is 0. The fraction of sp³-hybridized carbons (Fsp3) is 1.00. The average molecular weight is 227 g/mol. The molecule has 0 aromatic heterocycles. The molecule has 94 valence electrons. The first-order chi connectivity index (χ1) is 7.66. The first-order valence-electron chi connectivity index (χ1n) is 6.39. The first kappa shape index (κ1) is 12.3. The van der Waals surface area contributed by atoms with Crippen LogP contribution in [0.15, 0.2) is 0 Å². The van der Waals surface area contributed by atoms with Gasteiger partial charge in [0, 0.05) is 50.8 Å². The molecule has 2 saturated heterocycles. The molecule has 2 rings (SSSR count). The van der Waals surface area contributed by atoms with Gasteiger partial charge in [0.25, 0.3) is 0 Å². The molecule has 0 aromatic rings. The Hall–Kier alpha value is -0.160. The van der Waals surface area contributed by atoms with E-state index < -0.39 is 0 Å². The second kappa shape index (κ2) is 5.45. The van der Waals surface area contributed by atoms with Gasteiger partial charge < -0.3 is 15.4 Å². The maximum absolute atomic E-state index is 6.22. The summed E-state index contributed by atoms with van der Waals surface area (Å²) in [7, 11) is 4.26. The lowest BCUT2D eigenvalue weighted by atomic mass is 10.0. The number of likely N-dealkylation sites (tertiary alicyclic amines) is 1. The Kier molecular flexibility index (Phi) is 4.19. The summed E-state index contributed by atoms with van der Waals surface area (Å²) >= 11 is 0. The lowest BCUT2D eigenvalue weighted by Gasteiger charge is -2.31. The monoisotopic (exact) mass is 227 g/mol. The highest BCUT2D eigenvalue weighted by atomic mass is 16.5. The van der Waals surface area contributed by atoms with Crippen LogP contribution in [0.2, 0.25) is 0 Å². The van der Waals surface area contributed by atoms with Crippen LogP contribution >= 0.6 is 0 Å². The topological polar surface area (TPSA) is 41.7 Å². The number of hydrogen-bond acceptors (Lipinski definition) is 4. The molecular weight excluding hydrogens is 202 g/mol. The van der Waals surface area contributed by atoms with Gasteiger partial charge in [-0.2, -0.15) is 0 Å². The van der Waals surface area contributed by atoms with Crippen molar-refractivity contribution < 1.29 is 4.74 Å². The minimum absolute atomic E-state index is 0.352. The van der Waals surface area contributed by atoms with Crippen LogP contribution in [0.1, 0.15) is 12.8 Å². The van der Waals surface area contributed by atoms with Gasteiger partial charge in [-0.05, 0) is 26.9 Å². The van der Waals surface area contributed by atoms with Crippen molar-refractivity contribution in [1.29, 1.82) is 0 Å². The Labute approximate surface area is 98.7 Å². The standard InChI is InChI=1S/C12H25N3O/c1-14(2)7-10-8-15(9-12(10)13)11-3-5-16-6-4-11/h10-12H,3-9,13H2,1-2H3. The molecule has 2 unspecified atom stereocenters. The summed E-state index contributed by atoms with van der Waals surface area (Å²) in [6, 6.07) is 1.07. The second-order valence-electron chi connectivity index (χ2n) is 5.48. The van der Waals surface area contributed by atoms with Gasteiger partial charge in [0.1, 0.15) is 0 Å². The van der Waals surface area contributed by atoms with E-state index in [0.717, 1.165) is 26.3 Å². The fourth-order valence-electron chi connectivity index (χ4n) is 2.94. The van der Waals surface area contributed by atoms with Gasteiger partial charge in [0.05, 0.1) is 0 Å². The normalized spacial score (nSPS) is 33.8. The summed E-state index contributed by atoms with van der Waals surface area (Å²) in [4.78, 5) is 4.83. The number of nitrogens with two attached hydrogens (primary N) is 1. The Balaban J connectivity index is 1.84. The van der Waals surface area contributed by atoms with E-state index in [4.69, 9.17) is 10.5 Å². The molecule has 4 nitrogen and oxygen atoms in total. The molecule has 16 heavy (non-hydrogen) atoms. The molecule has 2 aliphatic rings. The summed E-state index contributed by atoms with van der Waals surface area (Å²) in [6.07, 6.45) is 2.36. The highest BCUT2D eigenvalue weighted by Crippen LogP contribution is 2.23. The van der Waals surface area contributed by atoms with Gasteiger partial charge in [-0.15, -0.1) is 0 Å². The fourth-order valence-corrected chi connectivity index (χ4v) is 2.94. The van der Waals surface area contributed by atoms with Gasteiger partial charge in [-0.3, -0.25) is 4.90 Å². The molecule has 0 amide bonds. The third-order valence-corrected chi connectivity index (χ3v) is 3.83. The van der Waals surface area contributed by atoms with E-state index in [9.17, 15) is 0 Å². The van der Waals surface area contributed by atoms with E-state index in [-0.39, 0.29) is 0 Å². The first-order valence-corrected chi connectivity index (χ1v) is 6.39. The Morgan fingerprint density at radius 3 is 2.56 bits per heavy atom. The molecule has 0 radical (unpaired) electrons. The van der Waals surface area contributed by atoms with Crippen molar-refractivity contribution in [1.82, 2.24) is 9.80 Å². The molecule has 2 atom stereocenters. The molecule has 2 aliphatic heterocycles. The zero-order valence-corrected chi connectivity index (χ0v) is 10.6. The predicted molar refractivity (Wildman–Crippen MR) is 65.4 cm³/mol. The van der Waals surface area contributed by atoms with E-state index >= 15 is 0 Å². The second-order valence-corrected chi connectivity index (χ2v) is 5.48. The molecule has 0 bridgehead atoms. The Morgan fingerprint density at radius 2 is 1.94 bits per heavy atom. The van der Waals surface area contributed by atoms with Crippen LogP contribution in [0.3, 0.4) is 0 Å². The maximum atomic E-state index is 6.22. The average Bonchev–Trinajstić information content (AvgIpc) is 2.61. The van der Waals surface area contributed by atoms with Crippen LogP contribution in [0.5, 0.6) is 0 Å². The molecular formula is C12H25N3O. The van der Waals surface area contributed by atoms with Crippen molar-refractivity contribution in [2.24, 2.45) is 11.7 Å². The van der Waals surface area contributed by atoms with E-state index in [2.05, 4.69) is 23.9 Å². The lowest BCUT2D eigenvalue weighted by molar-refractivity contribution is 0.0406. The quantitative estimate of drug-likeness (QED) is 0.736. The van der Waals surface area contributed by atoms with Crippen molar-refractivity contribution in [3.05, 3.63) is 0 Å². The SMILES string of the molecule is CN(C)CC1CN(C2CCOCC2)CC1N. The van der Waals surface area contributed by atoms with Crippen molar-refractivity contribution in [2.75, 3.05) is 46.9 Å². The number of ether oxygens (including phenoxy) is 1. The van der Waals surface area contributed by atoms with Gasteiger partial charge in [0.15, 0.2) is 0 Å². The minimum Gasteiger partial charge on any atom is -0.381 e. The van der Waals surface area contributed by atoms with Crippen LogP contribution in [0, 0.1) is 5.92 Å². The number of hydrogen-bond donors (Lipinski definition) is 1. The van der Waals surface area contributed by atoms with Crippen molar-refractivity contribution in [2.45, 2.75) is 24.9 Å². The zero-order chi connectivity index (χ0) is 11.5.